The van der Waals surface area contributed by atoms with Crippen molar-refractivity contribution in [2.75, 3.05) is 13.1 Å². The summed E-state index contributed by atoms with van der Waals surface area (Å²) in [6, 6.07) is 7.77. The maximum absolute atomic E-state index is 12.8. The number of carbonyl (C=O) groups excluding carboxylic acids is 1. The number of rotatable bonds is 13. The van der Waals surface area contributed by atoms with Crippen LogP contribution in [0, 0.1) is 0 Å². The summed E-state index contributed by atoms with van der Waals surface area (Å²) in [7, 11) is 0. The summed E-state index contributed by atoms with van der Waals surface area (Å²) in [6.07, 6.45) is 12.4. The second-order valence-electron chi connectivity index (χ2n) is 6.63. The third kappa shape index (κ3) is 8.86. The number of benzene rings is 1. The molecule has 0 saturated carbocycles. The fourth-order valence-corrected chi connectivity index (χ4v) is 3.33. The lowest BCUT2D eigenvalue weighted by molar-refractivity contribution is 0.0749. The van der Waals surface area contributed by atoms with Crippen LogP contribution in [-0.4, -0.2) is 23.9 Å². The smallest absolute Gasteiger partial charge is 0.253 e. The summed E-state index contributed by atoms with van der Waals surface area (Å²) in [4.78, 5) is 14.9. The first-order chi connectivity index (χ1) is 11.7. The van der Waals surface area contributed by atoms with Gasteiger partial charge in [-0.2, -0.15) is 0 Å². The van der Waals surface area contributed by atoms with Crippen LogP contribution in [0.5, 0.6) is 0 Å². The molecule has 2 nitrogen and oxygen atoms in total. The molecule has 136 valence electrons. The minimum Gasteiger partial charge on any atom is -0.339 e. The molecule has 1 aromatic carbocycles. The molecule has 24 heavy (non-hydrogen) atoms. The molecule has 0 aliphatic carbocycles. The zero-order valence-electron chi connectivity index (χ0n) is 15.5. The van der Waals surface area contributed by atoms with Gasteiger partial charge in [-0.15, -0.1) is 0 Å². The molecule has 1 aromatic rings. The van der Waals surface area contributed by atoms with E-state index in [-0.39, 0.29) is 5.91 Å². The molecule has 0 aliphatic rings. The Morgan fingerprint density at radius 2 is 1.42 bits per heavy atom. The largest absolute Gasteiger partial charge is 0.339 e. The molecule has 0 bridgehead atoms. The van der Waals surface area contributed by atoms with Gasteiger partial charge in [-0.3, -0.25) is 4.79 Å². The van der Waals surface area contributed by atoms with Gasteiger partial charge in [-0.1, -0.05) is 87.2 Å². The van der Waals surface area contributed by atoms with Gasteiger partial charge in [-0.25, -0.2) is 0 Å². The van der Waals surface area contributed by atoms with Crippen LogP contribution in [0.1, 0.15) is 88.4 Å². The molecule has 0 unspecified atom stereocenters. The third-order valence-corrected chi connectivity index (χ3v) is 4.92. The van der Waals surface area contributed by atoms with E-state index in [9.17, 15) is 4.79 Å². The Labute approximate surface area is 157 Å². The molecular weight excluding hydrogens is 362 g/mol. The molecule has 0 aliphatic heterocycles. The van der Waals surface area contributed by atoms with Gasteiger partial charge in [-0.05, 0) is 31.0 Å². The molecule has 0 heterocycles. The highest BCUT2D eigenvalue weighted by Gasteiger charge is 2.15. The monoisotopic (exact) mass is 395 g/mol. The molecular formula is C21H34BrNO. The average Bonchev–Trinajstić information content (AvgIpc) is 2.59. The van der Waals surface area contributed by atoms with Crippen LogP contribution < -0.4 is 0 Å². The summed E-state index contributed by atoms with van der Waals surface area (Å²) in [5, 5.41) is 0. The highest BCUT2D eigenvalue weighted by atomic mass is 79.9. The molecule has 0 fully saturated rings. The summed E-state index contributed by atoms with van der Waals surface area (Å²) in [5.41, 5.74) is 0.798. The predicted molar refractivity (Wildman–Crippen MR) is 108 cm³/mol. The Morgan fingerprint density at radius 1 is 0.875 bits per heavy atom. The van der Waals surface area contributed by atoms with Crippen LogP contribution in [0.4, 0.5) is 0 Å². The lowest BCUT2D eigenvalue weighted by Crippen LogP contribution is -2.33. The van der Waals surface area contributed by atoms with E-state index in [1.165, 1.54) is 51.4 Å². The first-order valence-corrected chi connectivity index (χ1v) is 10.5. The van der Waals surface area contributed by atoms with Crippen molar-refractivity contribution in [3.05, 3.63) is 34.3 Å². The van der Waals surface area contributed by atoms with Gasteiger partial charge in [0.15, 0.2) is 0 Å². The summed E-state index contributed by atoms with van der Waals surface area (Å²) < 4.78 is 0.971. The van der Waals surface area contributed by atoms with Gasteiger partial charge in [0.05, 0.1) is 0 Å². The van der Waals surface area contributed by atoms with Crippen molar-refractivity contribution in [1.82, 2.24) is 4.90 Å². The van der Waals surface area contributed by atoms with Gasteiger partial charge >= 0.3 is 0 Å². The number of halogens is 1. The van der Waals surface area contributed by atoms with Gasteiger partial charge in [0.1, 0.15) is 0 Å². The first-order valence-electron chi connectivity index (χ1n) is 9.73. The molecule has 0 spiro atoms. The van der Waals surface area contributed by atoms with Crippen molar-refractivity contribution in [1.29, 1.82) is 0 Å². The van der Waals surface area contributed by atoms with E-state index in [4.69, 9.17) is 0 Å². The summed E-state index contributed by atoms with van der Waals surface area (Å²) in [5.74, 6) is 0.183. The van der Waals surface area contributed by atoms with Crippen molar-refractivity contribution in [2.45, 2.75) is 78.1 Å². The summed E-state index contributed by atoms with van der Waals surface area (Å²) in [6.45, 7) is 6.25. The first kappa shape index (κ1) is 21.2. The van der Waals surface area contributed by atoms with Crippen LogP contribution in [0.3, 0.4) is 0 Å². The SMILES string of the molecule is CCCCCCCN(CCCCCCC)C(=O)c1cccc(Br)c1. The molecule has 1 amide bonds. The molecule has 0 radical (unpaired) electrons. The number of amides is 1. The van der Waals surface area contributed by atoms with E-state index in [1.807, 2.05) is 24.3 Å². The standard InChI is InChI=1S/C21H34BrNO/c1-3-5-7-9-11-16-23(17-12-10-8-6-4-2)21(24)19-14-13-15-20(22)18-19/h13-15,18H,3-12,16-17H2,1-2H3. The quantitative estimate of drug-likeness (QED) is 0.335. The molecule has 0 aromatic heterocycles. The van der Waals surface area contributed by atoms with Gasteiger partial charge in [0.2, 0.25) is 0 Å². The van der Waals surface area contributed by atoms with Crippen molar-refractivity contribution < 1.29 is 4.79 Å². The Morgan fingerprint density at radius 3 is 1.92 bits per heavy atom. The van der Waals surface area contributed by atoms with Crippen LogP contribution in [0.25, 0.3) is 0 Å². The minimum atomic E-state index is 0.183. The molecule has 3 heteroatoms. The number of nitrogens with zero attached hydrogens (tertiary/aromatic N) is 1. The molecule has 0 saturated heterocycles. The number of hydrogen-bond donors (Lipinski definition) is 0. The van der Waals surface area contributed by atoms with E-state index in [1.54, 1.807) is 0 Å². The number of carbonyl (C=O) groups is 1. The van der Waals surface area contributed by atoms with Crippen LogP contribution in [0.15, 0.2) is 28.7 Å². The topological polar surface area (TPSA) is 20.3 Å². The van der Waals surface area contributed by atoms with E-state index >= 15 is 0 Å². The maximum atomic E-state index is 12.8. The lowest BCUT2D eigenvalue weighted by Gasteiger charge is -2.23. The fourth-order valence-electron chi connectivity index (χ4n) is 2.93. The minimum absolute atomic E-state index is 0.183. The van der Waals surface area contributed by atoms with Gasteiger partial charge in [0, 0.05) is 23.1 Å². The Bertz CT molecular complexity index is 447. The van der Waals surface area contributed by atoms with Gasteiger partial charge < -0.3 is 4.90 Å². The average molecular weight is 396 g/mol. The maximum Gasteiger partial charge on any atom is 0.253 e. The van der Waals surface area contributed by atoms with Crippen LogP contribution in [0.2, 0.25) is 0 Å². The predicted octanol–water partition coefficient (Wildman–Crippen LogP) is 6.83. The molecule has 1 rings (SSSR count). The number of unbranched alkanes of at least 4 members (excludes halogenated alkanes) is 8. The highest BCUT2D eigenvalue weighted by Crippen LogP contribution is 2.15. The molecule has 0 atom stereocenters. The third-order valence-electron chi connectivity index (χ3n) is 4.42. The highest BCUT2D eigenvalue weighted by molar-refractivity contribution is 9.10. The summed E-state index contributed by atoms with van der Waals surface area (Å²) >= 11 is 3.47. The van der Waals surface area contributed by atoms with E-state index in [2.05, 4.69) is 34.7 Å². The Balaban J connectivity index is 2.53. The van der Waals surface area contributed by atoms with Crippen molar-refractivity contribution in [3.63, 3.8) is 0 Å². The second kappa shape index (κ2) is 13.5. The second-order valence-corrected chi connectivity index (χ2v) is 7.55. The lowest BCUT2D eigenvalue weighted by atomic mass is 10.1. The van der Waals surface area contributed by atoms with Crippen molar-refractivity contribution >= 4 is 21.8 Å². The van der Waals surface area contributed by atoms with E-state index < -0.39 is 0 Å². The van der Waals surface area contributed by atoms with Crippen LogP contribution in [-0.2, 0) is 0 Å². The van der Waals surface area contributed by atoms with E-state index in [0.29, 0.717) is 0 Å². The molecule has 0 N–H and O–H groups in total. The normalized spacial score (nSPS) is 10.8. The number of hydrogen-bond acceptors (Lipinski definition) is 1. The Hall–Kier alpha value is -0.830. The zero-order chi connectivity index (χ0) is 17.6. The van der Waals surface area contributed by atoms with Gasteiger partial charge in [0.25, 0.3) is 5.91 Å². The zero-order valence-corrected chi connectivity index (χ0v) is 17.1. The Kier molecular flexibility index (Phi) is 11.9. The van der Waals surface area contributed by atoms with Crippen molar-refractivity contribution in [3.8, 4) is 0 Å². The fraction of sp³-hybridized carbons (Fsp3) is 0.667. The van der Waals surface area contributed by atoms with E-state index in [0.717, 1.165) is 36.0 Å². The van der Waals surface area contributed by atoms with Crippen LogP contribution >= 0.6 is 15.9 Å². The van der Waals surface area contributed by atoms with Crippen molar-refractivity contribution in [2.24, 2.45) is 0 Å².